The number of likely N-dealkylation sites (tertiary alicyclic amines) is 1. The summed E-state index contributed by atoms with van der Waals surface area (Å²) >= 11 is 0. The van der Waals surface area contributed by atoms with E-state index in [0.29, 0.717) is 6.42 Å². The van der Waals surface area contributed by atoms with Crippen molar-refractivity contribution in [3.8, 4) is 5.88 Å². The Hall–Kier alpha value is -2.12. The number of aromatic nitrogens is 2. The highest BCUT2D eigenvalue weighted by Gasteiger charge is 2.28. The number of piperidine rings is 1. The van der Waals surface area contributed by atoms with Crippen molar-refractivity contribution in [3.05, 3.63) is 26.7 Å². The Morgan fingerprint density at radius 3 is 2.67 bits per heavy atom. The van der Waals surface area contributed by atoms with E-state index in [1.54, 1.807) is 12.0 Å². The molecule has 0 saturated carbocycles. The molecule has 1 atom stereocenters. The zero-order chi connectivity index (χ0) is 13.4. The second kappa shape index (κ2) is 4.28. The van der Waals surface area contributed by atoms with Gasteiger partial charge in [0.05, 0.1) is 6.04 Å². The van der Waals surface area contributed by atoms with Crippen molar-refractivity contribution in [2.24, 2.45) is 0 Å². The molecular weight excluding hydrogens is 245 g/mol. The normalized spacial score (nSPS) is 20.2. The molecular formula is C10H12FN3O4. The summed E-state index contributed by atoms with van der Waals surface area (Å²) in [6.45, 7) is 0.178. The molecule has 1 saturated heterocycles. The van der Waals surface area contributed by atoms with Gasteiger partial charge in [0.1, 0.15) is 0 Å². The number of halogens is 1. The minimum Gasteiger partial charge on any atom is -0.492 e. The van der Waals surface area contributed by atoms with Crippen LogP contribution in [0.4, 0.5) is 4.39 Å². The third-order valence-electron chi connectivity index (χ3n) is 3.03. The lowest BCUT2D eigenvalue weighted by molar-refractivity contribution is -0.133. The van der Waals surface area contributed by atoms with Crippen LogP contribution in [0.2, 0.25) is 0 Å². The van der Waals surface area contributed by atoms with E-state index in [4.69, 9.17) is 0 Å². The Balaban J connectivity index is 2.46. The summed E-state index contributed by atoms with van der Waals surface area (Å²) in [6, 6.07) is -0.549. The fourth-order valence-corrected chi connectivity index (χ4v) is 2.06. The molecule has 0 spiro atoms. The van der Waals surface area contributed by atoms with Crippen molar-refractivity contribution in [1.29, 1.82) is 0 Å². The van der Waals surface area contributed by atoms with Crippen LogP contribution in [-0.4, -0.2) is 39.1 Å². The molecule has 2 rings (SSSR count). The van der Waals surface area contributed by atoms with Gasteiger partial charge in [-0.2, -0.15) is 4.39 Å². The fraction of sp³-hybridized carbons (Fsp3) is 0.500. The van der Waals surface area contributed by atoms with E-state index >= 15 is 0 Å². The number of carbonyl (C=O) groups excluding carboxylic acids is 1. The van der Waals surface area contributed by atoms with Gasteiger partial charge in [-0.3, -0.25) is 19.1 Å². The quantitative estimate of drug-likeness (QED) is 0.686. The fourth-order valence-electron chi connectivity index (χ4n) is 2.06. The molecule has 98 valence electrons. The van der Waals surface area contributed by atoms with Gasteiger partial charge < -0.3 is 10.0 Å². The number of hydrogen-bond acceptors (Lipinski definition) is 4. The summed E-state index contributed by atoms with van der Waals surface area (Å²) in [5.74, 6) is -2.46. The molecule has 1 aromatic heterocycles. The van der Waals surface area contributed by atoms with Crippen LogP contribution in [0.1, 0.15) is 18.9 Å². The van der Waals surface area contributed by atoms with Crippen molar-refractivity contribution in [2.75, 3.05) is 13.6 Å². The van der Waals surface area contributed by atoms with Gasteiger partial charge in [-0.05, 0) is 6.42 Å². The molecule has 2 N–H and O–H groups in total. The molecule has 0 bridgehead atoms. The molecule has 1 amide bonds. The van der Waals surface area contributed by atoms with Crippen molar-refractivity contribution >= 4 is 5.91 Å². The summed E-state index contributed by atoms with van der Waals surface area (Å²) < 4.78 is 14.0. The van der Waals surface area contributed by atoms with Crippen molar-refractivity contribution in [2.45, 2.75) is 18.9 Å². The minimum absolute atomic E-state index is 0.0799. The third kappa shape index (κ3) is 1.89. The van der Waals surface area contributed by atoms with Gasteiger partial charge in [0, 0.05) is 20.0 Å². The predicted molar refractivity (Wildman–Crippen MR) is 58.9 cm³/mol. The molecule has 1 aromatic rings. The maximum Gasteiger partial charge on any atom is 0.331 e. The van der Waals surface area contributed by atoms with Crippen molar-refractivity contribution in [1.82, 2.24) is 14.5 Å². The number of amides is 1. The highest BCUT2D eigenvalue weighted by atomic mass is 19.1. The summed E-state index contributed by atoms with van der Waals surface area (Å²) in [5.41, 5.74) is -2.14. The maximum absolute atomic E-state index is 13.3. The topological polar surface area (TPSA) is 95.4 Å². The van der Waals surface area contributed by atoms with Crippen LogP contribution in [0.25, 0.3) is 0 Å². The second-order valence-corrected chi connectivity index (χ2v) is 4.23. The minimum atomic E-state index is -1.39. The molecule has 1 unspecified atom stereocenters. The lowest BCUT2D eigenvalue weighted by Gasteiger charge is -2.30. The lowest BCUT2D eigenvalue weighted by Crippen LogP contribution is -2.43. The molecule has 7 nitrogen and oxygen atoms in total. The molecule has 0 aliphatic carbocycles. The summed E-state index contributed by atoms with van der Waals surface area (Å²) in [7, 11) is 1.55. The van der Waals surface area contributed by atoms with Crippen LogP contribution in [0.15, 0.2) is 9.59 Å². The van der Waals surface area contributed by atoms with E-state index < -0.39 is 29.0 Å². The zero-order valence-corrected chi connectivity index (χ0v) is 9.64. The number of likely N-dealkylation sites (N-methyl/N-ethyl adjacent to an activating group) is 1. The Labute approximate surface area is 100 Å². The summed E-state index contributed by atoms with van der Waals surface area (Å²) in [4.78, 5) is 37.0. The van der Waals surface area contributed by atoms with Crippen molar-refractivity contribution in [3.63, 3.8) is 0 Å². The third-order valence-corrected chi connectivity index (χ3v) is 3.03. The average molecular weight is 257 g/mol. The summed E-state index contributed by atoms with van der Waals surface area (Å²) in [6.07, 6.45) is 0.510. The molecule has 0 aromatic carbocycles. The van der Waals surface area contributed by atoms with Crippen LogP contribution in [0.3, 0.4) is 0 Å². The van der Waals surface area contributed by atoms with Gasteiger partial charge in [-0.1, -0.05) is 0 Å². The number of aromatic amines is 1. The van der Waals surface area contributed by atoms with Crippen LogP contribution in [0, 0.1) is 5.82 Å². The Morgan fingerprint density at radius 2 is 2.06 bits per heavy atom. The lowest BCUT2D eigenvalue weighted by atomic mass is 10.1. The van der Waals surface area contributed by atoms with Crippen LogP contribution >= 0.6 is 0 Å². The number of nitrogens with zero attached hydrogens (tertiary/aromatic N) is 2. The van der Waals surface area contributed by atoms with E-state index in [0.717, 1.165) is 4.57 Å². The van der Waals surface area contributed by atoms with E-state index in [1.165, 1.54) is 4.90 Å². The van der Waals surface area contributed by atoms with E-state index in [9.17, 15) is 23.9 Å². The Kier molecular flexibility index (Phi) is 2.93. The first-order valence-corrected chi connectivity index (χ1v) is 5.39. The highest BCUT2D eigenvalue weighted by molar-refractivity contribution is 5.76. The molecule has 1 fully saturated rings. The zero-order valence-electron chi connectivity index (χ0n) is 9.64. The number of aromatic hydroxyl groups is 1. The Bertz CT molecular complexity index is 606. The Morgan fingerprint density at radius 1 is 1.39 bits per heavy atom. The number of nitrogens with one attached hydrogen (secondary N) is 1. The van der Waals surface area contributed by atoms with Crippen LogP contribution < -0.4 is 11.2 Å². The number of rotatable bonds is 1. The predicted octanol–water partition coefficient (Wildman–Crippen LogP) is -0.825. The molecule has 1 aliphatic rings. The molecule has 1 aliphatic heterocycles. The van der Waals surface area contributed by atoms with Crippen LogP contribution in [-0.2, 0) is 4.79 Å². The van der Waals surface area contributed by atoms with Gasteiger partial charge in [-0.25, -0.2) is 4.79 Å². The van der Waals surface area contributed by atoms with Gasteiger partial charge in [0.25, 0.3) is 5.56 Å². The monoisotopic (exact) mass is 257 g/mol. The first-order valence-electron chi connectivity index (χ1n) is 5.39. The van der Waals surface area contributed by atoms with Gasteiger partial charge in [0.2, 0.25) is 17.6 Å². The number of H-pyrrole nitrogens is 1. The van der Waals surface area contributed by atoms with Crippen molar-refractivity contribution < 1.29 is 14.3 Å². The standard InChI is InChI=1S/C10H12FN3O4/c1-13-4-5(2-3-6(13)15)14-9(17)7(11)8(16)12-10(14)18/h5,17H,2-4H2,1H3,(H,12,16,18). The largest absolute Gasteiger partial charge is 0.492 e. The number of carbonyl (C=O) groups is 1. The SMILES string of the molecule is CN1CC(n2c(O)c(F)c(=O)[nH]c2=O)CCC1=O. The molecule has 2 heterocycles. The highest BCUT2D eigenvalue weighted by Crippen LogP contribution is 2.23. The summed E-state index contributed by atoms with van der Waals surface area (Å²) in [5, 5.41) is 9.53. The number of hydrogen-bond donors (Lipinski definition) is 2. The van der Waals surface area contributed by atoms with Crippen LogP contribution in [0.5, 0.6) is 5.88 Å². The average Bonchev–Trinajstić information content (AvgIpc) is 2.31. The van der Waals surface area contributed by atoms with E-state index in [2.05, 4.69) is 0 Å². The first-order chi connectivity index (χ1) is 8.41. The van der Waals surface area contributed by atoms with Gasteiger partial charge in [0.15, 0.2) is 0 Å². The molecule has 18 heavy (non-hydrogen) atoms. The van der Waals surface area contributed by atoms with E-state index in [-0.39, 0.29) is 18.9 Å². The van der Waals surface area contributed by atoms with Gasteiger partial charge in [-0.15, -0.1) is 0 Å². The van der Waals surface area contributed by atoms with E-state index in [1.807, 2.05) is 0 Å². The smallest absolute Gasteiger partial charge is 0.331 e. The maximum atomic E-state index is 13.3. The second-order valence-electron chi connectivity index (χ2n) is 4.23. The molecule has 8 heteroatoms. The van der Waals surface area contributed by atoms with Gasteiger partial charge >= 0.3 is 5.69 Å². The first kappa shape index (κ1) is 12.3. The molecule has 0 radical (unpaired) electrons.